The van der Waals surface area contributed by atoms with Crippen molar-refractivity contribution >= 4 is 17.7 Å². The van der Waals surface area contributed by atoms with Gasteiger partial charge in [-0.25, -0.2) is 0 Å². The monoisotopic (exact) mass is 344 g/mol. The lowest BCUT2D eigenvalue weighted by molar-refractivity contribution is -0.125. The van der Waals surface area contributed by atoms with Gasteiger partial charge in [0.1, 0.15) is 6.04 Å². The van der Waals surface area contributed by atoms with Gasteiger partial charge in [-0.2, -0.15) is 0 Å². The van der Waals surface area contributed by atoms with E-state index in [1.54, 1.807) is 24.3 Å². The number of carbonyl (C=O) groups is 3. The van der Waals surface area contributed by atoms with Crippen molar-refractivity contribution in [1.82, 2.24) is 10.2 Å². The number of nitrogens with zero attached hydrogens (tertiary/aromatic N) is 1. The smallest absolute Gasteiger partial charge is 0.262 e. The van der Waals surface area contributed by atoms with Crippen LogP contribution in [0, 0.1) is 5.92 Å². The van der Waals surface area contributed by atoms with E-state index >= 15 is 0 Å². The van der Waals surface area contributed by atoms with E-state index in [9.17, 15) is 14.4 Å². The Hall–Kier alpha value is -2.17. The first-order valence-electron chi connectivity index (χ1n) is 9.22. The van der Waals surface area contributed by atoms with Crippen molar-refractivity contribution < 1.29 is 14.4 Å². The first kappa shape index (κ1) is 19.2. The molecule has 1 atom stereocenters. The minimum Gasteiger partial charge on any atom is -0.354 e. The number of nitrogens with one attached hydrogen (secondary N) is 1. The Morgan fingerprint density at radius 1 is 1.04 bits per heavy atom. The van der Waals surface area contributed by atoms with Crippen LogP contribution in [0.3, 0.4) is 0 Å². The van der Waals surface area contributed by atoms with Crippen LogP contribution in [0.15, 0.2) is 24.3 Å². The second-order valence-electron chi connectivity index (χ2n) is 7.02. The van der Waals surface area contributed by atoms with E-state index in [0.29, 0.717) is 24.1 Å². The number of benzene rings is 1. The predicted octanol–water partition coefficient (Wildman–Crippen LogP) is 3.39. The molecule has 0 aliphatic carbocycles. The van der Waals surface area contributed by atoms with Gasteiger partial charge in [-0.15, -0.1) is 0 Å². The summed E-state index contributed by atoms with van der Waals surface area (Å²) < 4.78 is 0. The Labute approximate surface area is 149 Å². The molecule has 0 saturated carbocycles. The maximum absolute atomic E-state index is 12.7. The van der Waals surface area contributed by atoms with Gasteiger partial charge in [0.05, 0.1) is 11.1 Å². The molecule has 1 aromatic carbocycles. The molecule has 0 radical (unpaired) electrons. The molecule has 1 aliphatic heterocycles. The fourth-order valence-corrected chi connectivity index (χ4v) is 3.15. The number of amides is 3. The van der Waals surface area contributed by atoms with Crippen LogP contribution in [-0.2, 0) is 4.79 Å². The van der Waals surface area contributed by atoms with Crippen molar-refractivity contribution in [3.05, 3.63) is 35.4 Å². The summed E-state index contributed by atoms with van der Waals surface area (Å²) in [5, 5.41) is 2.91. The summed E-state index contributed by atoms with van der Waals surface area (Å²) in [6.45, 7) is 6.69. The summed E-state index contributed by atoms with van der Waals surface area (Å²) in [6.07, 6.45) is 4.73. The SMILES string of the molecule is CCCCCCNC(=O)C(CC(C)C)N1C(=O)c2ccccc2C1=O. The van der Waals surface area contributed by atoms with Crippen LogP contribution < -0.4 is 5.32 Å². The molecule has 1 N–H and O–H groups in total. The van der Waals surface area contributed by atoms with Gasteiger partial charge in [-0.05, 0) is 30.9 Å². The quantitative estimate of drug-likeness (QED) is 0.551. The molecule has 3 amide bonds. The highest BCUT2D eigenvalue weighted by Crippen LogP contribution is 2.26. The van der Waals surface area contributed by atoms with E-state index in [1.165, 1.54) is 0 Å². The largest absolute Gasteiger partial charge is 0.354 e. The highest BCUT2D eigenvalue weighted by Gasteiger charge is 2.42. The van der Waals surface area contributed by atoms with E-state index in [0.717, 1.165) is 30.6 Å². The van der Waals surface area contributed by atoms with Gasteiger partial charge in [0.2, 0.25) is 5.91 Å². The van der Waals surface area contributed by atoms with E-state index in [-0.39, 0.29) is 23.6 Å². The van der Waals surface area contributed by atoms with Crippen LogP contribution in [0.1, 0.15) is 73.6 Å². The first-order chi connectivity index (χ1) is 12.0. The van der Waals surface area contributed by atoms with Crippen LogP contribution >= 0.6 is 0 Å². The average Bonchev–Trinajstić information content (AvgIpc) is 2.84. The second-order valence-corrected chi connectivity index (χ2v) is 7.02. The molecule has 0 spiro atoms. The zero-order valence-corrected chi connectivity index (χ0v) is 15.4. The molecule has 2 rings (SSSR count). The third kappa shape index (κ3) is 4.47. The molecule has 1 aromatic rings. The Morgan fingerprint density at radius 3 is 2.16 bits per heavy atom. The molecule has 25 heavy (non-hydrogen) atoms. The Morgan fingerprint density at radius 2 is 1.64 bits per heavy atom. The lowest BCUT2D eigenvalue weighted by Gasteiger charge is -2.26. The third-order valence-electron chi connectivity index (χ3n) is 4.46. The molecule has 5 nitrogen and oxygen atoms in total. The van der Waals surface area contributed by atoms with Gasteiger partial charge in [0.15, 0.2) is 0 Å². The fourth-order valence-electron chi connectivity index (χ4n) is 3.15. The lowest BCUT2D eigenvalue weighted by Crippen LogP contribution is -2.50. The van der Waals surface area contributed by atoms with E-state index in [1.807, 2.05) is 13.8 Å². The highest BCUT2D eigenvalue weighted by atomic mass is 16.2. The van der Waals surface area contributed by atoms with Crippen LogP contribution in [0.5, 0.6) is 0 Å². The number of unbranched alkanes of at least 4 members (excludes halogenated alkanes) is 3. The summed E-state index contributed by atoms with van der Waals surface area (Å²) in [5.74, 6) is -0.778. The van der Waals surface area contributed by atoms with Crippen molar-refractivity contribution in [2.24, 2.45) is 5.92 Å². The molecule has 0 aromatic heterocycles. The number of hydrogen-bond donors (Lipinski definition) is 1. The zero-order valence-electron chi connectivity index (χ0n) is 15.4. The van der Waals surface area contributed by atoms with Crippen LogP contribution in [0.25, 0.3) is 0 Å². The van der Waals surface area contributed by atoms with Gasteiger partial charge in [-0.1, -0.05) is 52.2 Å². The molecule has 0 bridgehead atoms. The number of hydrogen-bond acceptors (Lipinski definition) is 3. The molecule has 0 fully saturated rings. The van der Waals surface area contributed by atoms with Gasteiger partial charge in [0, 0.05) is 6.54 Å². The van der Waals surface area contributed by atoms with Gasteiger partial charge in [-0.3, -0.25) is 19.3 Å². The molecule has 1 aliphatic rings. The molecular weight excluding hydrogens is 316 g/mol. The minimum absolute atomic E-state index is 0.195. The Bertz CT molecular complexity index is 605. The van der Waals surface area contributed by atoms with Crippen molar-refractivity contribution in [1.29, 1.82) is 0 Å². The number of rotatable bonds is 9. The summed E-state index contributed by atoms with van der Waals surface area (Å²) in [7, 11) is 0. The first-order valence-corrected chi connectivity index (χ1v) is 9.22. The van der Waals surface area contributed by atoms with Crippen molar-refractivity contribution in [3.8, 4) is 0 Å². The lowest BCUT2D eigenvalue weighted by atomic mass is 10.0. The second kappa shape index (κ2) is 8.79. The molecule has 1 heterocycles. The predicted molar refractivity (Wildman–Crippen MR) is 97.3 cm³/mol. The maximum atomic E-state index is 12.7. The van der Waals surface area contributed by atoms with Crippen LogP contribution in [0.2, 0.25) is 0 Å². The van der Waals surface area contributed by atoms with E-state index in [2.05, 4.69) is 12.2 Å². The van der Waals surface area contributed by atoms with Gasteiger partial charge < -0.3 is 5.32 Å². The fraction of sp³-hybridized carbons (Fsp3) is 0.550. The van der Waals surface area contributed by atoms with Crippen LogP contribution in [0.4, 0.5) is 0 Å². The maximum Gasteiger partial charge on any atom is 0.262 e. The summed E-state index contributed by atoms with van der Waals surface area (Å²) in [6, 6.07) is 6.01. The third-order valence-corrected chi connectivity index (χ3v) is 4.46. The van der Waals surface area contributed by atoms with Crippen molar-refractivity contribution in [2.45, 2.75) is 58.9 Å². The molecule has 0 saturated heterocycles. The van der Waals surface area contributed by atoms with Crippen molar-refractivity contribution in [3.63, 3.8) is 0 Å². The molecule has 5 heteroatoms. The van der Waals surface area contributed by atoms with Gasteiger partial charge in [0.25, 0.3) is 11.8 Å². The molecule has 1 unspecified atom stereocenters. The molecular formula is C20H28N2O3. The normalized spacial score (nSPS) is 14.8. The summed E-state index contributed by atoms with van der Waals surface area (Å²) >= 11 is 0. The standard InChI is InChI=1S/C20H28N2O3/c1-4-5-6-9-12-21-18(23)17(13-14(2)3)22-19(24)15-10-7-8-11-16(15)20(22)25/h7-8,10-11,14,17H,4-6,9,12-13H2,1-3H3,(H,21,23). The Balaban J connectivity index is 2.11. The zero-order chi connectivity index (χ0) is 18.4. The summed E-state index contributed by atoms with van der Waals surface area (Å²) in [5.41, 5.74) is 0.772. The van der Waals surface area contributed by atoms with Crippen molar-refractivity contribution in [2.75, 3.05) is 6.54 Å². The van der Waals surface area contributed by atoms with E-state index < -0.39 is 6.04 Å². The number of imide groups is 1. The van der Waals surface area contributed by atoms with Gasteiger partial charge >= 0.3 is 0 Å². The number of carbonyl (C=O) groups excluding carboxylic acids is 3. The average molecular weight is 344 g/mol. The van der Waals surface area contributed by atoms with Crippen LogP contribution in [-0.4, -0.2) is 35.2 Å². The summed E-state index contributed by atoms with van der Waals surface area (Å²) in [4.78, 5) is 39.2. The highest BCUT2D eigenvalue weighted by molar-refractivity contribution is 6.22. The topological polar surface area (TPSA) is 66.5 Å². The minimum atomic E-state index is -0.751. The Kier molecular flexibility index (Phi) is 6.73. The van der Waals surface area contributed by atoms with E-state index in [4.69, 9.17) is 0 Å². The molecule has 136 valence electrons. The number of fused-ring (bicyclic) bond motifs is 1.